The molecule has 0 aromatic heterocycles. The van der Waals surface area contributed by atoms with E-state index in [0.717, 1.165) is 15.4 Å². The van der Waals surface area contributed by atoms with Crippen molar-refractivity contribution >= 4 is 28.9 Å². The summed E-state index contributed by atoms with van der Waals surface area (Å²) in [4.78, 5) is 10.6. The number of hydrogen-bond acceptors (Lipinski definition) is 2. The van der Waals surface area contributed by atoms with Crippen LogP contribution in [-0.2, 0) is 6.61 Å². The Hall–Kier alpha value is -1.43. The van der Waals surface area contributed by atoms with Gasteiger partial charge in [0.25, 0.3) is 0 Å². The molecule has 0 N–H and O–H groups in total. The van der Waals surface area contributed by atoms with Gasteiger partial charge in [0.1, 0.15) is 24.5 Å². The van der Waals surface area contributed by atoms with E-state index in [1.54, 1.807) is 30.3 Å². The molecule has 4 heteroatoms. The van der Waals surface area contributed by atoms with Crippen molar-refractivity contribution in [2.45, 2.75) is 6.61 Å². The summed E-state index contributed by atoms with van der Waals surface area (Å²) in [7, 11) is 0. The normalized spacial score (nSPS) is 10.1. The predicted molar refractivity (Wildman–Crippen MR) is 75.3 cm³/mol. The summed E-state index contributed by atoms with van der Waals surface area (Å²) in [5.41, 5.74) is 1.38. The molecular weight excluding hydrogens is 346 g/mol. The molecule has 0 amide bonds. The SMILES string of the molecule is O=Cc1ccc(OCc2cccc(F)c2)c(I)c1. The third-order valence-corrected chi connectivity index (χ3v) is 3.22. The van der Waals surface area contributed by atoms with Gasteiger partial charge in [-0.1, -0.05) is 12.1 Å². The average molecular weight is 356 g/mol. The summed E-state index contributed by atoms with van der Waals surface area (Å²) < 4.78 is 19.4. The van der Waals surface area contributed by atoms with Crippen molar-refractivity contribution in [1.29, 1.82) is 0 Å². The zero-order valence-corrected chi connectivity index (χ0v) is 11.6. The van der Waals surface area contributed by atoms with Gasteiger partial charge in [-0.3, -0.25) is 4.79 Å². The van der Waals surface area contributed by atoms with Crippen LogP contribution in [0.15, 0.2) is 42.5 Å². The zero-order chi connectivity index (χ0) is 13.0. The Kier molecular flexibility index (Phi) is 4.30. The first-order valence-electron chi connectivity index (χ1n) is 5.31. The summed E-state index contributed by atoms with van der Waals surface area (Å²) in [5.74, 6) is 0.410. The first kappa shape index (κ1) is 13.0. The van der Waals surface area contributed by atoms with Crippen LogP contribution in [0.1, 0.15) is 15.9 Å². The van der Waals surface area contributed by atoms with Crippen molar-refractivity contribution in [2.24, 2.45) is 0 Å². The van der Waals surface area contributed by atoms with E-state index in [1.165, 1.54) is 12.1 Å². The maximum atomic E-state index is 13.0. The second-order valence-corrected chi connectivity index (χ2v) is 4.89. The lowest BCUT2D eigenvalue weighted by Crippen LogP contribution is -1.98. The Morgan fingerprint density at radius 3 is 2.72 bits per heavy atom. The third-order valence-electron chi connectivity index (χ3n) is 2.38. The quantitative estimate of drug-likeness (QED) is 0.615. The number of halogens is 2. The number of rotatable bonds is 4. The van der Waals surface area contributed by atoms with Gasteiger partial charge >= 0.3 is 0 Å². The van der Waals surface area contributed by atoms with Crippen molar-refractivity contribution in [1.82, 2.24) is 0 Å². The average Bonchev–Trinajstić information content (AvgIpc) is 2.37. The highest BCUT2D eigenvalue weighted by atomic mass is 127. The third kappa shape index (κ3) is 3.29. The first-order chi connectivity index (χ1) is 8.69. The van der Waals surface area contributed by atoms with E-state index >= 15 is 0 Å². The molecule has 0 saturated carbocycles. The van der Waals surface area contributed by atoms with Gasteiger partial charge in [-0.05, 0) is 58.5 Å². The van der Waals surface area contributed by atoms with E-state index < -0.39 is 0 Å². The molecule has 2 rings (SSSR count). The van der Waals surface area contributed by atoms with Gasteiger partial charge in [-0.15, -0.1) is 0 Å². The Morgan fingerprint density at radius 2 is 2.06 bits per heavy atom. The molecule has 92 valence electrons. The second kappa shape index (κ2) is 5.95. The van der Waals surface area contributed by atoms with Gasteiger partial charge < -0.3 is 4.74 Å². The minimum absolute atomic E-state index is 0.276. The fraction of sp³-hybridized carbons (Fsp3) is 0.0714. The molecule has 0 bridgehead atoms. The molecule has 0 aliphatic rings. The molecule has 2 aromatic rings. The van der Waals surface area contributed by atoms with Crippen LogP contribution in [0.2, 0.25) is 0 Å². The van der Waals surface area contributed by atoms with E-state index in [4.69, 9.17) is 4.74 Å². The Balaban J connectivity index is 2.08. The summed E-state index contributed by atoms with van der Waals surface area (Å²) in [6.07, 6.45) is 0.790. The minimum atomic E-state index is -0.276. The van der Waals surface area contributed by atoms with E-state index in [2.05, 4.69) is 22.6 Å². The number of hydrogen-bond donors (Lipinski definition) is 0. The van der Waals surface area contributed by atoms with Crippen LogP contribution in [0.4, 0.5) is 4.39 Å². The molecule has 18 heavy (non-hydrogen) atoms. The van der Waals surface area contributed by atoms with Gasteiger partial charge in [0, 0.05) is 5.56 Å². The summed E-state index contributed by atoms with van der Waals surface area (Å²) in [6, 6.07) is 11.5. The van der Waals surface area contributed by atoms with Crippen molar-refractivity contribution in [3.8, 4) is 5.75 Å². The lowest BCUT2D eigenvalue weighted by molar-refractivity contribution is 0.112. The standard InChI is InChI=1S/C14H10FIO2/c15-12-3-1-2-11(6-12)9-18-14-5-4-10(8-17)7-13(14)16/h1-8H,9H2. The maximum Gasteiger partial charge on any atom is 0.150 e. The number of carbonyl (C=O) groups is 1. The summed E-state index contributed by atoms with van der Waals surface area (Å²) in [5, 5.41) is 0. The zero-order valence-electron chi connectivity index (χ0n) is 9.40. The molecule has 0 spiro atoms. The minimum Gasteiger partial charge on any atom is -0.488 e. The monoisotopic (exact) mass is 356 g/mol. The second-order valence-electron chi connectivity index (χ2n) is 3.73. The van der Waals surface area contributed by atoms with Gasteiger partial charge in [0.15, 0.2) is 0 Å². The summed E-state index contributed by atoms with van der Waals surface area (Å²) >= 11 is 2.10. The number of aldehydes is 1. The molecule has 0 radical (unpaired) electrons. The van der Waals surface area contributed by atoms with Crippen LogP contribution >= 0.6 is 22.6 Å². The molecular formula is C14H10FIO2. The lowest BCUT2D eigenvalue weighted by atomic mass is 10.2. The predicted octanol–water partition coefficient (Wildman–Crippen LogP) is 3.82. The number of benzene rings is 2. The highest BCUT2D eigenvalue weighted by Crippen LogP contribution is 2.22. The molecule has 0 aliphatic heterocycles. The van der Waals surface area contributed by atoms with Gasteiger partial charge in [0.05, 0.1) is 3.57 Å². The van der Waals surface area contributed by atoms with E-state index in [-0.39, 0.29) is 5.82 Å². The Morgan fingerprint density at radius 1 is 1.22 bits per heavy atom. The van der Waals surface area contributed by atoms with Crippen LogP contribution in [0.5, 0.6) is 5.75 Å². The van der Waals surface area contributed by atoms with Gasteiger partial charge in [-0.25, -0.2) is 4.39 Å². The fourth-order valence-electron chi connectivity index (χ4n) is 1.50. The number of ether oxygens (including phenoxy) is 1. The van der Waals surface area contributed by atoms with Crippen molar-refractivity contribution in [2.75, 3.05) is 0 Å². The van der Waals surface area contributed by atoms with Gasteiger partial charge in [0.2, 0.25) is 0 Å². The first-order valence-corrected chi connectivity index (χ1v) is 6.39. The molecule has 0 saturated heterocycles. The van der Waals surface area contributed by atoms with E-state index in [9.17, 15) is 9.18 Å². The molecule has 0 unspecified atom stereocenters. The van der Waals surface area contributed by atoms with Crippen LogP contribution in [0.3, 0.4) is 0 Å². The van der Waals surface area contributed by atoms with E-state index in [0.29, 0.717) is 17.9 Å². The largest absolute Gasteiger partial charge is 0.488 e. The van der Waals surface area contributed by atoms with Crippen molar-refractivity contribution in [3.05, 3.63) is 63.0 Å². The van der Waals surface area contributed by atoms with Crippen molar-refractivity contribution < 1.29 is 13.9 Å². The van der Waals surface area contributed by atoms with Crippen LogP contribution in [0.25, 0.3) is 0 Å². The van der Waals surface area contributed by atoms with E-state index in [1.807, 2.05) is 0 Å². The fourth-order valence-corrected chi connectivity index (χ4v) is 2.19. The molecule has 2 aromatic carbocycles. The summed E-state index contributed by atoms with van der Waals surface area (Å²) in [6.45, 7) is 0.300. The van der Waals surface area contributed by atoms with Crippen LogP contribution < -0.4 is 4.74 Å². The van der Waals surface area contributed by atoms with Crippen molar-refractivity contribution in [3.63, 3.8) is 0 Å². The van der Waals surface area contributed by atoms with Crippen LogP contribution in [0, 0.1) is 9.39 Å². The Labute approximate surface area is 118 Å². The molecule has 0 aliphatic carbocycles. The Bertz CT molecular complexity index is 569. The maximum absolute atomic E-state index is 13.0. The van der Waals surface area contributed by atoms with Gasteiger partial charge in [-0.2, -0.15) is 0 Å². The molecule has 0 atom stereocenters. The molecule has 0 fully saturated rings. The number of carbonyl (C=O) groups excluding carboxylic acids is 1. The topological polar surface area (TPSA) is 26.3 Å². The molecule has 2 nitrogen and oxygen atoms in total. The smallest absolute Gasteiger partial charge is 0.150 e. The lowest BCUT2D eigenvalue weighted by Gasteiger charge is -2.08. The van der Waals surface area contributed by atoms with Crippen LogP contribution in [-0.4, -0.2) is 6.29 Å². The molecule has 0 heterocycles. The highest BCUT2D eigenvalue weighted by molar-refractivity contribution is 14.1. The highest BCUT2D eigenvalue weighted by Gasteiger charge is 2.03.